The van der Waals surface area contributed by atoms with E-state index in [1.807, 2.05) is 0 Å². The van der Waals surface area contributed by atoms with Crippen LogP contribution in [0.2, 0.25) is 0 Å². The Morgan fingerprint density at radius 2 is 2.23 bits per heavy atom. The molecule has 0 bridgehead atoms. The van der Waals surface area contributed by atoms with Gasteiger partial charge in [-0.3, -0.25) is 14.5 Å². The van der Waals surface area contributed by atoms with E-state index in [2.05, 4.69) is 25.7 Å². The molecule has 3 aromatic rings. The lowest BCUT2D eigenvalue weighted by atomic mass is 10.3. The van der Waals surface area contributed by atoms with Gasteiger partial charge < -0.3 is 16.4 Å². The van der Waals surface area contributed by atoms with Crippen molar-refractivity contribution in [1.82, 2.24) is 19.7 Å². The van der Waals surface area contributed by atoms with Gasteiger partial charge in [-0.1, -0.05) is 17.4 Å². The summed E-state index contributed by atoms with van der Waals surface area (Å²) in [5.41, 5.74) is 6.80. The molecule has 8 nitrogen and oxygen atoms in total. The first-order chi connectivity index (χ1) is 12.5. The third-order valence-electron chi connectivity index (χ3n) is 3.36. The topological polar surface area (TPSA) is 111 Å². The van der Waals surface area contributed by atoms with E-state index in [4.69, 9.17) is 5.73 Å². The van der Waals surface area contributed by atoms with Gasteiger partial charge in [-0.15, -0.1) is 0 Å². The highest BCUT2D eigenvalue weighted by atomic mass is 32.1. The first kappa shape index (κ1) is 17.7. The number of nitrogen functional groups attached to an aromatic ring is 1. The number of carbonyl (C=O) groups is 1. The molecule has 0 saturated carbocycles. The largest absolute Gasteiger partial charge is 0.389 e. The molecule has 0 aliphatic rings. The Balaban J connectivity index is 1.80. The van der Waals surface area contributed by atoms with Gasteiger partial charge in [0, 0.05) is 13.2 Å². The summed E-state index contributed by atoms with van der Waals surface area (Å²) in [4.78, 5) is 20.9. The summed E-state index contributed by atoms with van der Waals surface area (Å²) in [6.45, 7) is -0.564. The number of aromatic nitrogens is 4. The van der Waals surface area contributed by atoms with E-state index in [1.165, 1.54) is 10.9 Å². The number of hydrogen-bond donors (Lipinski definition) is 3. The number of anilines is 3. The maximum Gasteiger partial charge on any atom is 0.277 e. The number of aryl methyl sites for hydroxylation is 1. The standard InChI is InChI=1S/C15H15F2N7OS/c1-24-13(20-7-10(16)17)9(6-21-24)22-14(25)11-12(18)26-15(23-11)8-4-2-3-5-19-8/h2-6,10,20H,7,18H2,1H3,(H,22,25). The lowest BCUT2D eigenvalue weighted by Crippen LogP contribution is -2.17. The van der Waals surface area contributed by atoms with Crippen LogP contribution in [-0.2, 0) is 7.05 Å². The van der Waals surface area contributed by atoms with E-state index in [0.29, 0.717) is 10.7 Å². The van der Waals surface area contributed by atoms with Crippen molar-refractivity contribution in [3.63, 3.8) is 0 Å². The predicted molar refractivity (Wildman–Crippen MR) is 95.4 cm³/mol. The molecule has 4 N–H and O–H groups in total. The van der Waals surface area contributed by atoms with Crippen LogP contribution >= 0.6 is 11.3 Å². The quantitative estimate of drug-likeness (QED) is 0.607. The van der Waals surface area contributed by atoms with Crippen LogP contribution < -0.4 is 16.4 Å². The minimum Gasteiger partial charge on any atom is -0.389 e. The number of halogens is 2. The van der Waals surface area contributed by atoms with Gasteiger partial charge in [-0.25, -0.2) is 13.8 Å². The van der Waals surface area contributed by atoms with E-state index in [9.17, 15) is 13.6 Å². The minimum atomic E-state index is -2.54. The van der Waals surface area contributed by atoms with Crippen molar-refractivity contribution in [2.24, 2.45) is 7.05 Å². The normalized spacial score (nSPS) is 10.9. The number of carbonyl (C=O) groups excluding carboxylic acids is 1. The van der Waals surface area contributed by atoms with Gasteiger partial charge in [0.05, 0.1) is 18.4 Å². The smallest absolute Gasteiger partial charge is 0.277 e. The van der Waals surface area contributed by atoms with E-state index in [-0.39, 0.29) is 22.2 Å². The lowest BCUT2D eigenvalue weighted by molar-refractivity contribution is 0.102. The lowest BCUT2D eigenvalue weighted by Gasteiger charge is -2.09. The monoisotopic (exact) mass is 379 g/mol. The van der Waals surface area contributed by atoms with E-state index in [1.54, 1.807) is 31.4 Å². The fourth-order valence-electron chi connectivity index (χ4n) is 2.19. The molecule has 0 radical (unpaired) electrons. The Labute approximate surface area is 151 Å². The van der Waals surface area contributed by atoms with Crippen molar-refractivity contribution in [2.75, 3.05) is 22.9 Å². The van der Waals surface area contributed by atoms with Gasteiger partial charge in [-0.2, -0.15) is 5.10 Å². The highest BCUT2D eigenvalue weighted by molar-refractivity contribution is 7.19. The second-order valence-electron chi connectivity index (χ2n) is 5.20. The number of hydrogen-bond acceptors (Lipinski definition) is 7. The molecular formula is C15H15F2N7OS. The van der Waals surface area contributed by atoms with Crippen LogP contribution in [0.4, 0.5) is 25.3 Å². The molecule has 0 fully saturated rings. The summed E-state index contributed by atoms with van der Waals surface area (Å²) in [5, 5.41) is 9.82. The first-order valence-electron chi connectivity index (χ1n) is 7.48. The summed E-state index contributed by atoms with van der Waals surface area (Å²) >= 11 is 1.14. The Morgan fingerprint density at radius 3 is 2.92 bits per heavy atom. The molecule has 1 amide bonds. The highest BCUT2D eigenvalue weighted by Crippen LogP contribution is 2.30. The van der Waals surface area contributed by atoms with Gasteiger partial charge >= 0.3 is 0 Å². The fraction of sp³-hybridized carbons (Fsp3) is 0.200. The molecule has 0 spiro atoms. The van der Waals surface area contributed by atoms with E-state index < -0.39 is 18.9 Å². The molecule has 3 rings (SSSR count). The van der Waals surface area contributed by atoms with E-state index >= 15 is 0 Å². The average molecular weight is 379 g/mol. The second-order valence-corrected chi connectivity index (χ2v) is 6.23. The molecule has 3 heterocycles. The zero-order valence-corrected chi connectivity index (χ0v) is 14.4. The second kappa shape index (κ2) is 7.44. The molecule has 0 atom stereocenters. The Morgan fingerprint density at radius 1 is 1.42 bits per heavy atom. The maximum absolute atomic E-state index is 12.5. The summed E-state index contributed by atoms with van der Waals surface area (Å²) in [6, 6.07) is 5.33. The fourth-order valence-corrected chi connectivity index (χ4v) is 2.99. The third kappa shape index (κ3) is 3.77. The van der Waals surface area contributed by atoms with Crippen LogP contribution in [-0.4, -0.2) is 38.6 Å². The number of alkyl halides is 2. The molecule has 0 aromatic carbocycles. The minimum absolute atomic E-state index is 0.0410. The van der Waals surface area contributed by atoms with Crippen molar-refractivity contribution in [3.8, 4) is 10.7 Å². The van der Waals surface area contributed by atoms with Crippen LogP contribution in [0, 0.1) is 0 Å². The van der Waals surface area contributed by atoms with Crippen molar-refractivity contribution in [2.45, 2.75) is 6.43 Å². The molecular weight excluding hydrogens is 364 g/mol. The summed E-state index contributed by atoms with van der Waals surface area (Å²) in [7, 11) is 1.57. The summed E-state index contributed by atoms with van der Waals surface area (Å²) in [5.74, 6) is -0.300. The Bertz CT molecular complexity index is 910. The first-order valence-corrected chi connectivity index (χ1v) is 8.30. The molecule has 0 saturated heterocycles. The van der Waals surface area contributed by atoms with Crippen molar-refractivity contribution in [1.29, 1.82) is 0 Å². The Kier molecular flexibility index (Phi) is 5.07. The molecule has 0 aliphatic heterocycles. The molecule has 0 aliphatic carbocycles. The summed E-state index contributed by atoms with van der Waals surface area (Å²) < 4.78 is 26.2. The van der Waals surface area contributed by atoms with Crippen molar-refractivity contribution in [3.05, 3.63) is 36.3 Å². The zero-order chi connectivity index (χ0) is 18.7. The number of pyridine rings is 1. The van der Waals surface area contributed by atoms with Crippen LogP contribution in [0.5, 0.6) is 0 Å². The van der Waals surface area contributed by atoms with E-state index in [0.717, 1.165) is 11.3 Å². The third-order valence-corrected chi connectivity index (χ3v) is 4.27. The number of nitrogens with zero attached hydrogens (tertiary/aromatic N) is 4. The van der Waals surface area contributed by atoms with Gasteiger partial charge in [0.2, 0.25) is 0 Å². The van der Waals surface area contributed by atoms with Crippen molar-refractivity contribution < 1.29 is 13.6 Å². The number of nitrogens with two attached hydrogens (primary N) is 1. The number of nitrogens with one attached hydrogen (secondary N) is 2. The van der Waals surface area contributed by atoms with Gasteiger partial charge in [0.25, 0.3) is 12.3 Å². The molecule has 11 heteroatoms. The van der Waals surface area contributed by atoms with Crippen molar-refractivity contribution >= 4 is 33.8 Å². The molecule has 3 aromatic heterocycles. The van der Waals surface area contributed by atoms with Gasteiger partial charge in [0.1, 0.15) is 21.5 Å². The van der Waals surface area contributed by atoms with Crippen LogP contribution in [0.3, 0.4) is 0 Å². The maximum atomic E-state index is 12.5. The average Bonchev–Trinajstić information content (AvgIpc) is 3.17. The van der Waals surface area contributed by atoms with Crippen LogP contribution in [0.15, 0.2) is 30.6 Å². The number of thiazole rings is 1. The summed E-state index contributed by atoms with van der Waals surface area (Å²) in [6.07, 6.45) is 0.431. The highest BCUT2D eigenvalue weighted by Gasteiger charge is 2.20. The van der Waals surface area contributed by atoms with Gasteiger partial charge in [-0.05, 0) is 12.1 Å². The van der Waals surface area contributed by atoms with Crippen LogP contribution in [0.1, 0.15) is 10.5 Å². The Hall–Kier alpha value is -3.08. The zero-order valence-electron chi connectivity index (χ0n) is 13.6. The molecule has 136 valence electrons. The van der Waals surface area contributed by atoms with Crippen LogP contribution in [0.25, 0.3) is 10.7 Å². The number of amides is 1. The molecule has 26 heavy (non-hydrogen) atoms. The molecule has 0 unspecified atom stereocenters. The SMILES string of the molecule is Cn1ncc(NC(=O)c2nc(-c3ccccn3)sc2N)c1NCC(F)F. The van der Waals surface area contributed by atoms with Gasteiger partial charge in [0.15, 0.2) is 5.69 Å². The predicted octanol–water partition coefficient (Wildman–Crippen LogP) is 2.45. The number of rotatable bonds is 6.